The fourth-order valence-corrected chi connectivity index (χ4v) is 3.11. The second kappa shape index (κ2) is 1.44. The van der Waals surface area contributed by atoms with Gasteiger partial charge in [0.05, 0.1) is 0 Å². The summed E-state index contributed by atoms with van der Waals surface area (Å²) in [5.41, 5.74) is 5.05. The summed E-state index contributed by atoms with van der Waals surface area (Å²) in [5.74, 6) is 0. The average Bonchev–Trinajstić information content (AvgIpc) is 2.84. The molecule has 0 bridgehead atoms. The van der Waals surface area contributed by atoms with Crippen molar-refractivity contribution in [3.8, 4) is 0 Å². The third kappa shape index (κ3) is 0.579. The van der Waals surface area contributed by atoms with E-state index in [1.54, 1.807) is 11.1 Å². The van der Waals surface area contributed by atoms with Crippen LogP contribution in [-0.2, 0) is 0 Å². The van der Waals surface area contributed by atoms with Gasteiger partial charge in [-0.05, 0) is 56.8 Å². The van der Waals surface area contributed by atoms with E-state index < -0.39 is 0 Å². The van der Waals surface area contributed by atoms with Crippen molar-refractivity contribution < 1.29 is 0 Å². The van der Waals surface area contributed by atoms with Crippen molar-refractivity contribution >= 4 is 0 Å². The Morgan fingerprint density at radius 3 is 1.36 bits per heavy atom. The lowest BCUT2D eigenvalue weighted by Gasteiger charge is -2.09. The Kier molecular flexibility index (Phi) is 0.821. The average molecular weight is 148 g/mol. The summed E-state index contributed by atoms with van der Waals surface area (Å²) in [7, 11) is 0. The molecule has 0 radical (unpaired) electrons. The second-order valence-electron chi connectivity index (χ2n) is 4.99. The zero-order chi connectivity index (χ0) is 7.69. The Bertz CT molecular complexity index is 223. The maximum absolute atomic E-state index is 2.38. The van der Waals surface area contributed by atoms with Crippen LogP contribution in [0.2, 0.25) is 0 Å². The number of rotatable bonds is 0. The summed E-state index contributed by atoms with van der Waals surface area (Å²) in [4.78, 5) is 0. The highest BCUT2D eigenvalue weighted by atomic mass is 14.6. The van der Waals surface area contributed by atoms with Crippen LogP contribution in [0.3, 0.4) is 0 Å². The molecule has 60 valence electrons. The highest BCUT2D eigenvalue weighted by Crippen LogP contribution is 2.73. The molecule has 2 spiro atoms. The zero-order valence-electron chi connectivity index (χ0n) is 7.54. The summed E-state index contributed by atoms with van der Waals surface area (Å²) in [6.07, 6.45) is 7.52. The molecule has 0 nitrogen and oxygen atoms in total. The molecule has 0 heterocycles. The van der Waals surface area contributed by atoms with Gasteiger partial charge >= 0.3 is 0 Å². The molecule has 3 aliphatic rings. The van der Waals surface area contributed by atoms with Gasteiger partial charge in [0.1, 0.15) is 0 Å². The molecule has 11 heavy (non-hydrogen) atoms. The molecule has 2 fully saturated rings. The lowest BCUT2D eigenvalue weighted by Crippen LogP contribution is -1.99. The summed E-state index contributed by atoms with van der Waals surface area (Å²) in [6, 6.07) is 0. The zero-order valence-corrected chi connectivity index (χ0v) is 7.54. The molecule has 0 aromatic rings. The van der Waals surface area contributed by atoms with E-state index in [0.29, 0.717) is 0 Å². The van der Waals surface area contributed by atoms with E-state index in [0.717, 1.165) is 10.8 Å². The van der Waals surface area contributed by atoms with Gasteiger partial charge in [-0.3, -0.25) is 0 Å². The van der Waals surface area contributed by atoms with Crippen molar-refractivity contribution in [1.29, 1.82) is 0 Å². The van der Waals surface area contributed by atoms with Crippen LogP contribution in [0.15, 0.2) is 11.1 Å². The second-order valence-corrected chi connectivity index (χ2v) is 4.99. The van der Waals surface area contributed by atoms with E-state index in [9.17, 15) is 0 Å². The smallest absolute Gasteiger partial charge is 0.00791 e. The van der Waals surface area contributed by atoms with E-state index >= 15 is 0 Å². The molecule has 3 rings (SSSR count). The normalized spacial score (nSPS) is 35.5. The van der Waals surface area contributed by atoms with Gasteiger partial charge in [0.25, 0.3) is 0 Å². The minimum absolute atomic E-state index is 0.751. The Balaban J connectivity index is 2.08. The molecule has 0 aliphatic heterocycles. The largest absolute Gasteiger partial charge is 0.0676 e. The summed E-state index contributed by atoms with van der Waals surface area (Å²) in [5, 5.41) is 0. The van der Waals surface area contributed by atoms with Crippen LogP contribution in [0.25, 0.3) is 0 Å². The summed E-state index contributed by atoms with van der Waals surface area (Å²) in [6.45, 7) is 4.77. The van der Waals surface area contributed by atoms with E-state index in [-0.39, 0.29) is 0 Å². The Morgan fingerprint density at radius 1 is 0.818 bits per heavy atom. The molecular weight excluding hydrogens is 132 g/mol. The molecule has 0 amide bonds. The molecular formula is C11H16. The SMILES string of the molecule is CC1=C(C)C2(CC2)CC12CC2. The predicted octanol–water partition coefficient (Wildman–Crippen LogP) is 3.29. The van der Waals surface area contributed by atoms with Crippen LogP contribution in [0.4, 0.5) is 0 Å². The molecule has 0 N–H and O–H groups in total. The maximum Gasteiger partial charge on any atom is -0.00791 e. The van der Waals surface area contributed by atoms with Crippen molar-refractivity contribution in [1.82, 2.24) is 0 Å². The highest BCUT2D eigenvalue weighted by molar-refractivity contribution is 5.40. The van der Waals surface area contributed by atoms with Crippen molar-refractivity contribution in [3.63, 3.8) is 0 Å². The molecule has 3 aliphatic carbocycles. The van der Waals surface area contributed by atoms with E-state index in [2.05, 4.69) is 13.8 Å². The Labute approximate surface area is 68.7 Å². The van der Waals surface area contributed by atoms with Gasteiger partial charge in [0.15, 0.2) is 0 Å². The predicted molar refractivity (Wildman–Crippen MR) is 46.3 cm³/mol. The topological polar surface area (TPSA) is 0 Å². The standard InChI is InChI=1S/C11H16/c1-8-9(2)11(5-6-11)7-10(8)3-4-10/h3-7H2,1-2H3. The molecule has 0 unspecified atom stereocenters. The summed E-state index contributed by atoms with van der Waals surface area (Å²) >= 11 is 0. The van der Waals surface area contributed by atoms with Gasteiger partial charge < -0.3 is 0 Å². The van der Waals surface area contributed by atoms with Crippen LogP contribution >= 0.6 is 0 Å². The van der Waals surface area contributed by atoms with Gasteiger partial charge in [-0.2, -0.15) is 0 Å². The maximum atomic E-state index is 2.38. The lowest BCUT2D eigenvalue weighted by molar-refractivity contribution is 0.478. The van der Waals surface area contributed by atoms with E-state index in [4.69, 9.17) is 0 Å². The van der Waals surface area contributed by atoms with Gasteiger partial charge in [0, 0.05) is 0 Å². The van der Waals surface area contributed by atoms with E-state index in [1.807, 2.05) is 0 Å². The van der Waals surface area contributed by atoms with Gasteiger partial charge in [-0.25, -0.2) is 0 Å². The molecule has 0 saturated heterocycles. The van der Waals surface area contributed by atoms with Crippen molar-refractivity contribution in [3.05, 3.63) is 11.1 Å². The van der Waals surface area contributed by atoms with Crippen molar-refractivity contribution in [2.24, 2.45) is 10.8 Å². The first kappa shape index (κ1) is 6.28. The van der Waals surface area contributed by atoms with Crippen LogP contribution in [0.1, 0.15) is 46.0 Å². The van der Waals surface area contributed by atoms with Gasteiger partial charge in [-0.1, -0.05) is 11.1 Å². The molecule has 0 heteroatoms. The van der Waals surface area contributed by atoms with Crippen LogP contribution < -0.4 is 0 Å². The highest BCUT2D eigenvalue weighted by Gasteiger charge is 2.61. The lowest BCUT2D eigenvalue weighted by atomic mass is 9.95. The fourth-order valence-electron chi connectivity index (χ4n) is 3.11. The Hall–Kier alpha value is -0.260. The van der Waals surface area contributed by atoms with Gasteiger partial charge in [0.2, 0.25) is 0 Å². The molecule has 2 saturated carbocycles. The number of hydrogen-bond donors (Lipinski definition) is 0. The third-order valence-electron chi connectivity index (χ3n) is 4.54. The first-order valence-corrected chi connectivity index (χ1v) is 4.87. The minimum atomic E-state index is 0.751. The van der Waals surface area contributed by atoms with Crippen molar-refractivity contribution in [2.75, 3.05) is 0 Å². The molecule has 0 atom stereocenters. The third-order valence-corrected chi connectivity index (χ3v) is 4.54. The molecule has 0 aromatic carbocycles. The monoisotopic (exact) mass is 148 g/mol. The molecule has 0 aromatic heterocycles. The quantitative estimate of drug-likeness (QED) is 0.462. The van der Waals surface area contributed by atoms with Gasteiger partial charge in [-0.15, -0.1) is 0 Å². The van der Waals surface area contributed by atoms with Crippen LogP contribution in [0, 0.1) is 10.8 Å². The number of hydrogen-bond acceptors (Lipinski definition) is 0. The Morgan fingerprint density at radius 2 is 1.18 bits per heavy atom. The first-order valence-electron chi connectivity index (χ1n) is 4.87. The van der Waals surface area contributed by atoms with Crippen molar-refractivity contribution in [2.45, 2.75) is 46.0 Å². The summed E-state index contributed by atoms with van der Waals surface area (Å²) < 4.78 is 0. The first-order chi connectivity index (χ1) is 5.19. The van der Waals surface area contributed by atoms with Crippen LogP contribution in [-0.4, -0.2) is 0 Å². The van der Waals surface area contributed by atoms with Crippen LogP contribution in [0.5, 0.6) is 0 Å². The van der Waals surface area contributed by atoms with E-state index in [1.165, 1.54) is 32.1 Å². The minimum Gasteiger partial charge on any atom is -0.0676 e. The fraction of sp³-hybridized carbons (Fsp3) is 0.818. The number of allylic oxidation sites excluding steroid dienone is 2.